The van der Waals surface area contributed by atoms with Crippen molar-refractivity contribution in [1.82, 2.24) is 5.01 Å². The Kier molecular flexibility index (Phi) is 5.31. The molecule has 0 spiro atoms. The van der Waals surface area contributed by atoms with E-state index in [-0.39, 0.29) is 24.8 Å². The average Bonchev–Trinajstić information content (AvgIpc) is 3.12. The highest BCUT2D eigenvalue weighted by Crippen LogP contribution is 2.35. The van der Waals surface area contributed by atoms with Crippen LogP contribution in [0.4, 0.5) is 0 Å². The number of carbonyl (C=O) groups is 2. The van der Waals surface area contributed by atoms with Crippen molar-refractivity contribution in [2.24, 2.45) is 5.10 Å². The first kappa shape index (κ1) is 17.7. The van der Waals surface area contributed by atoms with E-state index >= 15 is 0 Å². The van der Waals surface area contributed by atoms with Gasteiger partial charge in [-0.25, -0.2) is 5.01 Å². The molecule has 3 rings (SSSR count). The number of hydrazone groups is 1. The molecule has 134 valence electrons. The van der Waals surface area contributed by atoms with Crippen molar-refractivity contribution in [1.29, 1.82) is 0 Å². The molecule has 0 bridgehead atoms. The van der Waals surface area contributed by atoms with Crippen LogP contribution >= 0.6 is 0 Å². The Hall–Kier alpha value is -3.15. The van der Waals surface area contributed by atoms with E-state index in [1.165, 1.54) is 5.01 Å². The third-order valence-electron chi connectivity index (χ3n) is 4.32. The number of ether oxygens (including phenoxy) is 1. The van der Waals surface area contributed by atoms with Crippen molar-refractivity contribution in [3.8, 4) is 5.75 Å². The lowest BCUT2D eigenvalue weighted by atomic mass is 9.98. The van der Waals surface area contributed by atoms with Crippen LogP contribution in [0.15, 0.2) is 59.7 Å². The van der Waals surface area contributed by atoms with Crippen LogP contribution in [0, 0.1) is 0 Å². The van der Waals surface area contributed by atoms with Crippen LogP contribution in [-0.2, 0) is 9.59 Å². The van der Waals surface area contributed by atoms with Gasteiger partial charge in [-0.2, -0.15) is 5.10 Å². The van der Waals surface area contributed by atoms with Crippen LogP contribution in [0.5, 0.6) is 5.75 Å². The summed E-state index contributed by atoms with van der Waals surface area (Å²) in [5.74, 6) is -0.605. The van der Waals surface area contributed by atoms with Gasteiger partial charge in [0.15, 0.2) is 0 Å². The summed E-state index contributed by atoms with van der Waals surface area (Å²) in [6.45, 7) is 0. The molecule has 0 aromatic heterocycles. The normalized spacial score (nSPS) is 16.3. The summed E-state index contributed by atoms with van der Waals surface area (Å²) in [7, 11) is 1.60. The third kappa shape index (κ3) is 3.74. The first-order valence-electron chi connectivity index (χ1n) is 8.40. The molecule has 2 aromatic carbocycles. The fraction of sp³-hybridized carbons (Fsp3) is 0.250. The number of aliphatic carboxylic acids is 1. The van der Waals surface area contributed by atoms with Gasteiger partial charge in [0, 0.05) is 18.4 Å². The number of benzene rings is 2. The van der Waals surface area contributed by atoms with Crippen molar-refractivity contribution in [3.63, 3.8) is 0 Å². The Balaban J connectivity index is 1.93. The molecule has 0 saturated carbocycles. The summed E-state index contributed by atoms with van der Waals surface area (Å²) in [4.78, 5) is 23.4. The van der Waals surface area contributed by atoms with Gasteiger partial charge in [0.05, 0.1) is 25.3 Å². The van der Waals surface area contributed by atoms with Gasteiger partial charge in [-0.15, -0.1) is 0 Å². The van der Waals surface area contributed by atoms with E-state index in [2.05, 4.69) is 5.10 Å². The Labute approximate surface area is 151 Å². The standard InChI is InChI=1S/C20H20N2O4/c1-26-18-10-6-5-9-15(18)16-13-17(14-7-3-2-4-8-14)22(21-16)19(23)11-12-20(24)25/h2-10,17H,11-13H2,1H3,(H,24,25). The number of para-hydroxylation sites is 1. The molecule has 1 N–H and O–H groups in total. The lowest BCUT2D eigenvalue weighted by molar-refractivity contribution is -0.141. The molecular weight excluding hydrogens is 332 g/mol. The first-order chi connectivity index (χ1) is 12.6. The van der Waals surface area contributed by atoms with Crippen molar-refractivity contribution >= 4 is 17.6 Å². The van der Waals surface area contributed by atoms with Gasteiger partial charge in [0.1, 0.15) is 5.75 Å². The number of nitrogens with zero attached hydrogens (tertiary/aromatic N) is 2. The van der Waals surface area contributed by atoms with E-state index < -0.39 is 5.97 Å². The van der Waals surface area contributed by atoms with Gasteiger partial charge in [-0.05, 0) is 17.7 Å². The molecule has 1 atom stereocenters. The maximum atomic E-state index is 12.6. The summed E-state index contributed by atoms with van der Waals surface area (Å²) in [5, 5.41) is 14.8. The summed E-state index contributed by atoms with van der Waals surface area (Å²) < 4.78 is 5.41. The number of hydrogen-bond acceptors (Lipinski definition) is 4. The zero-order chi connectivity index (χ0) is 18.5. The molecule has 2 aromatic rings. The van der Waals surface area contributed by atoms with Crippen molar-refractivity contribution in [3.05, 3.63) is 65.7 Å². The summed E-state index contributed by atoms with van der Waals surface area (Å²) in [6.07, 6.45) is 0.251. The number of carbonyl (C=O) groups excluding carboxylic acids is 1. The second-order valence-corrected chi connectivity index (χ2v) is 6.01. The monoisotopic (exact) mass is 352 g/mol. The number of hydrogen-bond donors (Lipinski definition) is 1. The molecule has 0 saturated heterocycles. The Bertz CT molecular complexity index is 833. The second-order valence-electron chi connectivity index (χ2n) is 6.01. The van der Waals surface area contributed by atoms with Gasteiger partial charge >= 0.3 is 5.97 Å². The predicted octanol–water partition coefficient (Wildman–Crippen LogP) is 3.24. The molecule has 26 heavy (non-hydrogen) atoms. The minimum atomic E-state index is -0.997. The van der Waals surface area contributed by atoms with E-state index in [1.807, 2.05) is 54.6 Å². The highest BCUT2D eigenvalue weighted by atomic mass is 16.5. The maximum absolute atomic E-state index is 12.6. The molecule has 1 heterocycles. The lowest BCUT2D eigenvalue weighted by Crippen LogP contribution is -2.27. The van der Waals surface area contributed by atoms with Crippen molar-refractivity contribution < 1.29 is 19.4 Å². The predicted molar refractivity (Wildman–Crippen MR) is 97.0 cm³/mol. The summed E-state index contributed by atoms with van der Waals surface area (Å²) in [6, 6.07) is 16.9. The Morgan fingerprint density at radius 3 is 2.50 bits per heavy atom. The van der Waals surface area contributed by atoms with E-state index in [4.69, 9.17) is 9.84 Å². The smallest absolute Gasteiger partial charge is 0.303 e. The minimum absolute atomic E-state index is 0.0820. The van der Waals surface area contributed by atoms with Gasteiger partial charge in [-0.1, -0.05) is 42.5 Å². The molecule has 1 unspecified atom stereocenters. The molecule has 1 aliphatic heterocycles. The molecule has 1 aliphatic rings. The van der Waals surface area contributed by atoms with Crippen LogP contribution < -0.4 is 4.74 Å². The quantitative estimate of drug-likeness (QED) is 0.865. The highest BCUT2D eigenvalue weighted by Gasteiger charge is 2.33. The van der Waals surface area contributed by atoms with Crippen LogP contribution in [0.3, 0.4) is 0 Å². The fourth-order valence-corrected chi connectivity index (χ4v) is 3.05. The number of carboxylic acids is 1. The zero-order valence-electron chi connectivity index (χ0n) is 14.5. The molecule has 1 amide bonds. The average molecular weight is 352 g/mol. The Morgan fingerprint density at radius 2 is 1.81 bits per heavy atom. The number of rotatable bonds is 6. The maximum Gasteiger partial charge on any atom is 0.303 e. The van der Waals surface area contributed by atoms with E-state index in [1.54, 1.807) is 7.11 Å². The second kappa shape index (κ2) is 7.82. The number of carboxylic acid groups (broad SMARTS) is 1. The SMILES string of the molecule is COc1ccccc1C1=NN(C(=O)CCC(=O)O)C(c2ccccc2)C1. The molecule has 0 aliphatic carbocycles. The van der Waals surface area contributed by atoms with Crippen LogP contribution in [0.1, 0.15) is 36.4 Å². The molecular formula is C20H20N2O4. The number of methoxy groups -OCH3 is 1. The molecule has 0 fully saturated rings. The van der Waals surface area contributed by atoms with Gasteiger partial charge in [-0.3, -0.25) is 9.59 Å². The van der Waals surface area contributed by atoms with Crippen LogP contribution in [-0.4, -0.2) is 34.8 Å². The minimum Gasteiger partial charge on any atom is -0.496 e. The van der Waals surface area contributed by atoms with Gasteiger partial charge < -0.3 is 9.84 Å². The van der Waals surface area contributed by atoms with Crippen LogP contribution in [0.25, 0.3) is 0 Å². The topological polar surface area (TPSA) is 79.2 Å². The van der Waals surface area contributed by atoms with Gasteiger partial charge in [0.2, 0.25) is 5.91 Å². The van der Waals surface area contributed by atoms with E-state index in [0.717, 1.165) is 16.8 Å². The largest absolute Gasteiger partial charge is 0.496 e. The van der Waals surface area contributed by atoms with E-state index in [0.29, 0.717) is 12.2 Å². The molecule has 6 heteroatoms. The van der Waals surface area contributed by atoms with E-state index in [9.17, 15) is 9.59 Å². The Morgan fingerprint density at radius 1 is 1.12 bits per heavy atom. The molecule has 6 nitrogen and oxygen atoms in total. The van der Waals surface area contributed by atoms with Crippen molar-refractivity contribution in [2.45, 2.75) is 25.3 Å². The van der Waals surface area contributed by atoms with Crippen molar-refractivity contribution in [2.75, 3.05) is 7.11 Å². The molecule has 0 radical (unpaired) electrons. The number of amides is 1. The fourth-order valence-electron chi connectivity index (χ4n) is 3.05. The summed E-state index contributed by atoms with van der Waals surface area (Å²) in [5.41, 5.74) is 2.55. The first-order valence-corrected chi connectivity index (χ1v) is 8.40. The van der Waals surface area contributed by atoms with Crippen LogP contribution in [0.2, 0.25) is 0 Å². The van der Waals surface area contributed by atoms with Gasteiger partial charge in [0.25, 0.3) is 0 Å². The lowest BCUT2D eigenvalue weighted by Gasteiger charge is -2.21. The highest BCUT2D eigenvalue weighted by molar-refractivity contribution is 6.05. The summed E-state index contributed by atoms with van der Waals surface area (Å²) >= 11 is 0. The third-order valence-corrected chi connectivity index (χ3v) is 4.32. The zero-order valence-corrected chi connectivity index (χ0v) is 14.5.